The second kappa shape index (κ2) is 8.18. The quantitative estimate of drug-likeness (QED) is 0.447. The summed E-state index contributed by atoms with van der Waals surface area (Å²) in [6, 6.07) is 2.07. The topological polar surface area (TPSA) is 68.2 Å². The van der Waals surface area contributed by atoms with E-state index in [0.717, 1.165) is 55.0 Å². The van der Waals surface area contributed by atoms with Crippen molar-refractivity contribution in [2.75, 3.05) is 19.0 Å². The molecule has 0 radical (unpaired) electrons. The fourth-order valence-electron chi connectivity index (χ4n) is 3.29. The Morgan fingerprint density at radius 2 is 2.23 bits per heavy atom. The highest BCUT2D eigenvalue weighted by Gasteiger charge is 2.27. The van der Waals surface area contributed by atoms with Gasteiger partial charge in [0.2, 0.25) is 0 Å². The average molecular weight is 393 g/mol. The molecule has 0 amide bonds. The summed E-state index contributed by atoms with van der Waals surface area (Å²) in [7, 11) is 1.42. The van der Waals surface area contributed by atoms with Crippen molar-refractivity contribution in [2.45, 2.75) is 46.1 Å². The van der Waals surface area contributed by atoms with Gasteiger partial charge in [-0.2, -0.15) is 5.10 Å². The number of anilines is 1. The first kappa shape index (κ1) is 18.8. The lowest BCUT2D eigenvalue weighted by Crippen LogP contribution is -2.30. The number of aryl methyl sites for hydroxylation is 4. The van der Waals surface area contributed by atoms with Crippen LogP contribution in [0.15, 0.2) is 6.07 Å². The van der Waals surface area contributed by atoms with E-state index in [1.54, 1.807) is 11.3 Å². The molecular weight excluding hydrogens is 368 g/mol. The lowest BCUT2D eigenvalue weighted by atomic mass is 10.1. The maximum absolute atomic E-state index is 12.2. The highest BCUT2D eigenvalue weighted by molar-refractivity contribution is 7.80. The number of hydrogen-bond donors (Lipinski definition) is 2. The second-order valence-corrected chi connectivity index (χ2v) is 7.95. The first-order chi connectivity index (χ1) is 12.5. The molecule has 2 aromatic heterocycles. The van der Waals surface area contributed by atoms with E-state index in [1.807, 2.05) is 11.6 Å². The summed E-state index contributed by atoms with van der Waals surface area (Å²) >= 11 is 7.00. The second-order valence-electron chi connectivity index (χ2n) is 6.44. The molecule has 6 nitrogen and oxygen atoms in total. The maximum Gasteiger partial charge on any atom is 0.341 e. The highest BCUT2D eigenvalue weighted by Crippen LogP contribution is 2.39. The SMILES string of the molecule is COC(=O)c1c(NC(=S)NCCCn2nc(C)cc2C)sc2c1CCC2. The van der Waals surface area contributed by atoms with E-state index in [9.17, 15) is 4.79 Å². The Balaban J connectivity index is 1.54. The van der Waals surface area contributed by atoms with Crippen molar-refractivity contribution >= 4 is 39.6 Å². The van der Waals surface area contributed by atoms with Crippen LogP contribution in [0.5, 0.6) is 0 Å². The van der Waals surface area contributed by atoms with Crippen LogP contribution in [-0.2, 0) is 24.1 Å². The molecule has 140 valence electrons. The van der Waals surface area contributed by atoms with Crippen LogP contribution in [0.25, 0.3) is 0 Å². The molecule has 2 heterocycles. The molecule has 26 heavy (non-hydrogen) atoms. The number of thiocarbonyl (C=S) groups is 1. The van der Waals surface area contributed by atoms with E-state index < -0.39 is 0 Å². The first-order valence-corrected chi connectivity index (χ1v) is 10.0. The molecule has 3 rings (SSSR count). The predicted octanol–water partition coefficient (Wildman–Crippen LogP) is 3.21. The zero-order chi connectivity index (χ0) is 18.7. The number of fused-ring (bicyclic) bond motifs is 1. The minimum Gasteiger partial charge on any atom is -0.465 e. The van der Waals surface area contributed by atoms with Crippen LogP contribution in [0.1, 0.15) is 45.0 Å². The summed E-state index contributed by atoms with van der Waals surface area (Å²) < 4.78 is 6.96. The van der Waals surface area contributed by atoms with Crippen molar-refractivity contribution < 1.29 is 9.53 Å². The third-order valence-electron chi connectivity index (χ3n) is 4.47. The zero-order valence-electron chi connectivity index (χ0n) is 15.3. The van der Waals surface area contributed by atoms with Crippen molar-refractivity contribution in [3.63, 3.8) is 0 Å². The number of ether oxygens (including phenoxy) is 1. The number of aromatic nitrogens is 2. The van der Waals surface area contributed by atoms with E-state index >= 15 is 0 Å². The molecule has 2 N–H and O–H groups in total. The number of thiophene rings is 1. The van der Waals surface area contributed by atoms with E-state index in [4.69, 9.17) is 17.0 Å². The molecule has 0 saturated heterocycles. The molecule has 1 aliphatic rings. The van der Waals surface area contributed by atoms with Gasteiger partial charge in [-0.15, -0.1) is 11.3 Å². The summed E-state index contributed by atoms with van der Waals surface area (Å²) in [6.45, 7) is 5.64. The number of hydrogen-bond acceptors (Lipinski definition) is 5. The van der Waals surface area contributed by atoms with Crippen LogP contribution in [0, 0.1) is 13.8 Å². The summed E-state index contributed by atoms with van der Waals surface area (Å²) in [5, 5.41) is 12.2. The van der Waals surface area contributed by atoms with Crippen LogP contribution in [0.4, 0.5) is 5.00 Å². The number of carbonyl (C=O) groups is 1. The predicted molar refractivity (Wildman–Crippen MR) is 108 cm³/mol. The fraction of sp³-hybridized carbons (Fsp3) is 0.500. The summed E-state index contributed by atoms with van der Waals surface area (Å²) in [5.41, 5.74) is 3.97. The van der Waals surface area contributed by atoms with Crippen molar-refractivity contribution in [1.29, 1.82) is 0 Å². The molecule has 8 heteroatoms. The monoisotopic (exact) mass is 392 g/mol. The molecule has 0 saturated carbocycles. The van der Waals surface area contributed by atoms with Gasteiger partial charge >= 0.3 is 5.97 Å². The number of methoxy groups -OCH3 is 1. The van der Waals surface area contributed by atoms with Crippen molar-refractivity contribution in [2.24, 2.45) is 0 Å². The molecule has 0 aromatic carbocycles. The number of rotatable bonds is 6. The van der Waals surface area contributed by atoms with Gasteiger partial charge < -0.3 is 15.4 Å². The Bertz CT molecular complexity index is 826. The van der Waals surface area contributed by atoms with Gasteiger partial charge in [-0.3, -0.25) is 4.68 Å². The number of nitrogens with one attached hydrogen (secondary N) is 2. The van der Waals surface area contributed by atoms with E-state index in [2.05, 4.69) is 28.7 Å². The van der Waals surface area contributed by atoms with Gasteiger partial charge in [-0.25, -0.2) is 4.79 Å². The first-order valence-electron chi connectivity index (χ1n) is 8.78. The fourth-order valence-corrected chi connectivity index (χ4v) is 4.84. The van der Waals surface area contributed by atoms with Gasteiger partial charge in [0.25, 0.3) is 0 Å². The molecule has 0 fully saturated rings. The molecule has 0 atom stereocenters. The minimum atomic E-state index is -0.292. The van der Waals surface area contributed by atoms with Crippen LogP contribution in [0.2, 0.25) is 0 Å². The Hall–Kier alpha value is -1.93. The van der Waals surface area contributed by atoms with Crippen molar-refractivity contribution in [1.82, 2.24) is 15.1 Å². The highest BCUT2D eigenvalue weighted by atomic mass is 32.1. The van der Waals surface area contributed by atoms with Crippen LogP contribution < -0.4 is 10.6 Å². The maximum atomic E-state index is 12.2. The van der Waals surface area contributed by atoms with Crippen LogP contribution >= 0.6 is 23.6 Å². The Morgan fingerprint density at radius 1 is 1.42 bits per heavy atom. The third kappa shape index (κ3) is 4.07. The Morgan fingerprint density at radius 3 is 2.92 bits per heavy atom. The van der Waals surface area contributed by atoms with Crippen molar-refractivity contribution in [3.05, 3.63) is 33.5 Å². The number of carbonyl (C=O) groups excluding carboxylic acids is 1. The molecule has 0 bridgehead atoms. The summed E-state index contributed by atoms with van der Waals surface area (Å²) in [4.78, 5) is 13.4. The van der Waals surface area contributed by atoms with Crippen LogP contribution in [-0.4, -0.2) is 34.5 Å². The smallest absolute Gasteiger partial charge is 0.341 e. The molecule has 2 aromatic rings. The van der Waals surface area contributed by atoms with E-state index in [-0.39, 0.29) is 5.97 Å². The largest absolute Gasteiger partial charge is 0.465 e. The molecule has 1 aliphatic carbocycles. The van der Waals surface area contributed by atoms with Gasteiger partial charge in [0.15, 0.2) is 5.11 Å². The summed E-state index contributed by atoms with van der Waals surface area (Å²) in [5.74, 6) is -0.292. The molecular formula is C18H24N4O2S2. The lowest BCUT2D eigenvalue weighted by molar-refractivity contribution is 0.0601. The standard InChI is InChI=1S/C18H24N4O2S2/c1-11-10-12(2)22(21-11)9-5-8-19-18(25)20-16-15(17(23)24-3)13-6-4-7-14(13)26-16/h10H,4-9H2,1-3H3,(H2,19,20,25). The van der Waals surface area contributed by atoms with Gasteiger partial charge in [0.1, 0.15) is 5.00 Å². The zero-order valence-corrected chi connectivity index (χ0v) is 17.0. The van der Waals surface area contributed by atoms with E-state index in [1.165, 1.54) is 17.7 Å². The number of esters is 1. The van der Waals surface area contributed by atoms with Gasteiger partial charge in [-0.1, -0.05) is 0 Å². The Labute approximate surface area is 162 Å². The molecule has 0 aliphatic heterocycles. The number of nitrogens with zero attached hydrogens (tertiary/aromatic N) is 2. The molecule has 0 spiro atoms. The normalized spacial score (nSPS) is 12.7. The van der Waals surface area contributed by atoms with Gasteiger partial charge in [0, 0.05) is 23.7 Å². The average Bonchev–Trinajstić information content (AvgIpc) is 3.25. The van der Waals surface area contributed by atoms with Gasteiger partial charge in [0.05, 0.1) is 18.4 Å². The Kier molecular flexibility index (Phi) is 5.93. The third-order valence-corrected chi connectivity index (χ3v) is 5.93. The van der Waals surface area contributed by atoms with Crippen molar-refractivity contribution in [3.8, 4) is 0 Å². The molecule has 0 unspecified atom stereocenters. The lowest BCUT2D eigenvalue weighted by Gasteiger charge is -2.11. The summed E-state index contributed by atoms with van der Waals surface area (Å²) in [6.07, 6.45) is 3.96. The van der Waals surface area contributed by atoms with E-state index in [0.29, 0.717) is 10.7 Å². The minimum absolute atomic E-state index is 0.292. The van der Waals surface area contributed by atoms with Gasteiger partial charge in [-0.05, 0) is 63.4 Å². The van der Waals surface area contributed by atoms with Crippen LogP contribution in [0.3, 0.4) is 0 Å².